The number of morpholine rings is 1. The Morgan fingerprint density at radius 3 is 2.72 bits per heavy atom. The van der Waals surface area contributed by atoms with E-state index in [9.17, 15) is 9.59 Å². The minimum atomic E-state index is -0.413. The van der Waals surface area contributed by atoms with Crippen LogP contribution in [0.3, 0.4) is 0 Å². The van der Waals surface area contributed by atoms with Gasteiger partial charge in [-0.15, -0.1) is 0 Å². The van der Waals surface area contributed by atoms with E-state index in [-0.39, 0.29) is 11.5 Å². The fraction of sp³-hybridized carbons (Fsp3) is 0.389. The monoisotopic (exact) mass is 340 g/mol. The third-order valence-corrected chi connectivity index (χ3v) is 4.74. The summed E-state index contributed by atoms with van der Waals surface area (Å²) in [4.78, 5) is 30.9. The summed E-state index contributed by atoms with van der Waals surface area (Å²) in [6, 6.07) is 8.81. The van der Waals surface area contributed by atoms with E-state index in [0.717, 1.165) is 16.6 Å². The Kier molecular flexibility index (Phi) is 3.80. The van der Waals surface area contributed by atoms with Crippen LogP contribution in [0, 0.1) is 6.92 Å². The SMILES string of the molecule is Cc1cc(=O)nc2c3ccccc3n(C(C)C(=O)N3CCOCC3)n12. The molecular formula is C18H20N4O3. The van der Waals surface area contributed by atoms with Crippen molar-refractivity contribution in [3.8, 4) is 0 Å². The normalized spacial score (nSPS) is 16.5. The van der Waals surface area contributed by atoms with Crippen LogP contribution in [-0.4, -0.2) is 51.3 Å². The first kappa shape index (κ1) is 15.8. The number of aryl methyl sites for hydroxylation is 1. The molecule has 2 aromatic heterocycles. The van der Waals surface area contributed by atoms with E-state index in [1.54, 1.807) is 0 Å². The fourth-order valence-corrected chi connectivity index (χ4v) is 3.54. The number of ether oxygens (including phenoxy) is 1. The van der Waals surface area contributed by atoms with Gasteiger partial charge in [-0.1, -0.05) is 12.1 Å². The molecule has 0 radical (unpaired) electrons. The van der Waals surface area contributed by atoms with Crippen molar-refractivity contribution in [3.63, 3.8) is 0 Å². The highest BCUT2D eigenvalue weighted by molar-refractivity contribution is 5.94. The van der Waals surface area contributed by atoms with Gasteiger partial charge in [0.1, 0.15) is 6.04 Å². The van der Waals surface area contributed by atoms with Crippen molar-refractivity contribution in [1.29, 1.82) is 0 Å². The van der Waals surface area contributed by atoms with Crippen molar-refractivity contribution in [3.05, 3.63) is 46.4 Å². The number of rotatable bonds is 2. The average molecular weight is 340 g/mol. The van der Waals surface area contributed by atoms with E-state index in [4.69, 9.17) is 4.74 Å². The van der Waals surface area contributed by atoms with Crippen LogP contribution in [-0.2, 0) is 9.53 Å². The zero-order chi connectivity index (χ0) is 17.6. The number of nitrogens with zero attached hydrogens (tertiary/aromatic N) is 4. The topological polar surface area (TPSA) is 68.8 Å². The largest absolute Gasteiger partial charge is 0.378 e. The molecule has 1 unspecified atom stereocenters. The minimum absolute atomic E-state index is 0.0454. The lowest BCUT2D eigenvalue weighted by Crippen LogP contribution is -2.44. The Labute approximate surface area is 144 Å². The van der Waals surface area contributed by atoms with Gasteiger partial charge in [-0.25, -0.2) is 4.52 Å². The van der Waals surface area contributed by atoms with Crippen LogP contribution < -0.4 is 5.56 Å². The first-order valence-corrected chi connectivity index (χ1v) is 8.44. The van der Waals surface area contributed by atoms with Crippen LogP contribution in [0.15, 0.2) is 35.1 Å². The summed E-state index contributed by atoms with van der Waals surface area (Å²) in [5, 5.41) is 0.866. The third kappa shape index (κ3) is 2.51. The smallest absolute Gasteiger partial charge is 0.273 e. The van der Waals surface area contributed by atoms with Gasteiger partial charge in [-0.2, -0.15) is 4.98 Å². The summed E-state index contributed by atoms with van der Waals surface area (Å²) in [5.41, 5.74) is 1.96. The number of hydrogen-bond acceptors (Lipinski definition) is 4. The quantitative estimate of drug-likeness (QED) is 0.707. The number of amides is 1. The highest BCUT2D eigenvalue weighted by Gasteiger charge is 2.27. The van der Waals surface area contributed by atoms with Crippen molar-refractivity contribution in [2.24, 2.45) is 0 Å². The van der Waals surface area contributed by atoms with Gasteiger partial charge in [-0.05, 0) is 26.0 Å². The first-order valence-electron chi connectivity index (χ1n) is 8.44. The van der Waals surface area contributed by atoms with E-state index in [1.165, 1.54) is 6.07 Å². The van der Waals surface area contributed by atoms with E-state index in [2.05, 4.69) is 4.98 Å². The summed E-state index contributed by atoms with van der Waals surface area (Å²) in [7, 11) is 0. The highest BCUT2D eigenvalue weighted by atomic mass is 16.5. The van der Waals surface area contributed by atoms with Crippen LogP contribution in [0.1, 0.15) is 18.7 Å². The molecule has 0 N–H and O–H groups in total. The summed E-state index contributed by atoms with van der Waals surface area (Å²) in [6.07, 6.45) is 0. The Balaban J connectivity index is 1.93. The van der Waals surface area contributed by atoms with Crippen LogP contribution in [0.4, 0.5) is 0 Å². The van der Waals surface area contributed by atoms with Gasteiger partial charge in [0.2, 0.25) is 5.91 Å². The molecule has 1 aromatic carbocycles. The number of aromatic nitrogens is 3. The molecule has 3 heterocycles. The molecule has 7 heteroatoms. The first-order chi connectivity index (χ1) is 12.1. The number of benzene rings is 1. The molecule has 1 saturated heterocycles. The number of para-hydroxylation sites is 1. The summed E-state index contributed by atoms with van der Waals surface area (Å²) in [5.74, 6) is 0.0454. The molecule has 0 aliphatic carbocycles. The van der Waals surface area contributed by atoms with Crippen LogP contribution in [0.2, 0.25) is 0 Å². The van der Waals surface area contributed by atoms with Crippen LogP contribution in [0.5, 0.6) is 0 Å². The van der Waals surface area contributed by atoms with Gasteiger partial charge in [-0.3, -0.25) is 14.3 Å². The van der Waals surface area contributed by atoms with Gasteiger partial charge >= 0.3 is 0 Å². The Morgan fingerprint density at radius 2 is 1.96 bits per heavy atom. The summed E-state index contributed by atoms with van der Waals surface area (Å²) >= 11 is 0. The molecule has 1 atom stereocenters. The van der Waals surface area contributed by atoms with Crippen molar-refractivity contribution in [1.82, 2.24) is 19.1 Å². The molecule has 7 nitrogen and oxygen atoms in total. The molecule has 130 valence electrons. The molecular weight excluding hydrogens is 320 g/mol. The number of fused-ring (bicyclic) bond motifs is 3. The maximum Gasteiger partial charge on any atom is 0.273 e. The van der Waals surface area contributed by atoms with Gasteiger partial charge < -0.3 is 9.64 Å². The van der Waals surface area contributed by atoms with E-state index in [1.807, 2.05) is 52.2 Å². The van der Waals surface area contributed by atoms with Gasteiger partial charge in [0, 0.05) is 30.2 Å². The van der Waals surface area contributed by atoms with Crippen molar-refractivity contribution < 1.29 is 9.53 Å². The Bertz CT molecular complexity index is 1010. The molecule has 1 fully saturated rings. The zero-order valence-corrected chi connectivity index (χ0v) is 14.3. The predicted molar refractivity (Wildman–Crippen MR) is 93.8 cm³/mol. The van der Waals surface area contributed by atoms with Gasteiger partial charge in [0.15, 0.2) is 5.65 Å². The second-order valence-electron chi connectivity index (χ2n) is 6.35. The Morgan fingerprint density at radius 1 is 1.24 bits per heavy atom. The van der Waals surface area contributed by atoms with Crippen LogP contribution >= 0.6 is 0 Å². The van der Waals surface area contributed by atoms with E-state index < -0.39 is 6.04 Å². The maximum atomic E-state index is 13.0. The number of carbonyl (C=O) groups excluding carboxylic acids is 1. The second kappa shape index (κ2) is 6.00. The predicted octanol–water partition coefficient (Wildman–Crippen LogP) is 1.38. The molecule has 0 spiro atoms. The third-order valence-electron chi connectivity index (χ3n) is 4.74. The maximum absolute atomic E-state index is 13.0. The molecule has 0 bridgehead atoms. The van der Waals surface area contributed by atoms with Crippen molar-refractivity contribution >= 4 is 22.5 Å². The van der Waals surface area contributed by atoms with E-state index >= 15 is 0 Å². The van der Waals surface area contributed by atoms with Crippen LogP contribution in [0.25, 0.3) is 16.6 Å². The highest BCUT2D eigenvalue weighted by Crippen LogP contribution is 2.25. The number of carbonyl (C=O) groups is 1. The summed E-state index contributed by atoms with van der Waals surface area (Å²) in [6.45, 7) is 6.09. The molecule has 1 amide bonds. The lowest BCUT2D eigenvalue weighted by molar-refractivity contribution is -0.138. The fourth-order valence-electron chi connectivity index (χ4n) is 3.54. The summed E-state index contributed by atoms with van der Waals surface area (Å²) < 4.78 is 9.15. The lowest BCUT2D eigenvalue weighted by atomic mass is 10.2. The van der Waals surface area contributed by atoms with Crippen molar-refractivity contribution in [2.75, 3.05) is 26.3 Å². The minimum Gasteiger partial charge on any atom is -0.378 e. The molecule has 1 aliphatic rings. The molecule has 1 aliphatic heterocycles. The van der Waals surface area contributed by atoms with Gasteiger partial charge in [0.25, 0.3) is 5.56 Å². The molecule has 25 heavy (non-hydrogen) atoms. The molecule has 4 rings (SSSR count). The number of hydrogen-bond donors (Lipinski definition) is 0. The van der Waals surface area contributed by atoms with Gasteiger partial charge in [0.05, 0.1) is 18.7 Å². The Hall–Kier alpha value is -2.67. The second-order valence-corrected chi connectivity index (χ2v) is 6.35. The zero-order valence-electron chi connectivity index (χ0n) is 14.3. The lowest BCUT2D eigenvalue weighted by Gasteiger charge is -2.30. The standard InChI is InChI=1S/C18H20N4O3/c1-12-11-16(23)19-17-14-5-3-4-6-15(14)22(21(12)17)13(2)18(24)20-7-9-25-10-8-20/h3-6,11,13H,7-10H2,1-2H3. The average Bonchev–Trinajstić information content (AvgIpc) is 2.96. The van der Waals surface area contributed by atoms with Crippen molar-refractivity contribution in [2.45, 2.75) is 19.9 Å². The molecule has 3 aromatic rings. The van der Waals surface area contributed by atoms with E-state index in [0.29, 0.717) is 32.0 Å². The molecule has 0 saturated carbocycles.